The van der Waals surface area contributed by atoms with Crippen LogP contribution in [0.25, 0.3) is 22.8 Å². The number of aromatic nitrogens is 5. The molecule has 0 fully saturated rings. The molecule has 0 aliphatic rings. The zero-order valence-corrected chi connectivity index (χ0v) is 11.3. The molecule has 6 heteroatoms. The molecule has 100 valence electrons. The number of hydrogen-bond donors (Lipinski definition) is 1. The van der Waals surface area contributed by atoms with Crippen LogP contribution in [-0.2, 0) is 7.05 Å². The van der Waals surface area contributed by atoms with Gasteiger partial charge in [0.1, 0.15) is 6.33 Å². The van der Waals surface area contributed by atoms with Gasteiger partial charge >= 0.3 is 0 Å². The predicted octanol–water partition coefficient (Wildman–Crippen LogP) is 1.83. The summed E-state index contributed by atoms with van der Waals surface area (Å²) >= 11 is 0. The topological polar surface area (TPSA) is 82.5 Å². The highest BCUT2D eigenvalue weighted by atomic mass is 15.3. The van der Waals surface area contributed by atoms with Crippen LogP contribution >= 0.6 is 0 Å². The normalized spacial score (nSPS) is 10.7. The van der Waals surface area contributed by atoms with Crippen molar-refractivity contribution in [2.75, 3.05) is 5.73 Å². The smallest absolute Gasteiger partial charge is 0.203 e. The van der Waals surface area contributed by atoms with Gasteiger partial charge < -0.3 is 5.73 Å². The Morgan fingerprint density at radius 3 is 2.65 bits per heavy atom. The van der Waals surface area contributed by atoms with Crippen molar-refractivity contribution < 1.29 is 0 Å². The molecule has 20 heavy (non-hydrogen) atoms. The molecule has 1 aromatic carbocycles. The summed E-state index contributed by atoms with van der Waals surface area (Å²) in [5.41, 5.74) is 9.31. The molecule has 6 nitrogen and oxygen atoms in total. The minimum Gasteiger partial charge on any atom is -0.382 e. The predicted molar refractivity (Wildman–Crippen MR) is 76.6 cm³/mol. The minimum atomic E-state index is 0.327. The number of nitrogens with two attached hydrogens (primary N) is 1. The maximum absolute atomic E-state index is 5.88. The first-order chi connectivity index (χ1) is 9.65. The number of rotatable bonds is 2. The Labute approximate surface area is 116 Å². The highest BCUT2D eigenvalue weighted by Gasteiger charge is 2.13. The number of anilines is 1. The van der Waals surface area contributed by atoms with E-state index in [2.05, 4.69) is 20.1 Å². The van der Waals surface area contributed by atoms with Crippen molar-refractivity contribution in [3.05, 3.63) is 42.4 Å². The van der Waals surface area contributed by atoms with Crippen molar-refractivity contribution >= 4 is 5.82 Å². The number of hydrogen-bond acceptors (Lipinski definition) is 5. The van der Waals surface area contributed by atoms with Gasteiger partial charge in [-0.3, -0.25) is 4.68 Å². The van der Waals surface area contributed by atoms with Gasteiger partial charge in [-0.05, 0) is 12.5 Å². The van der Waals surface area contributed by atoms with Crippen molar-refractivity contribution in [2.45, 2.75) is 6.92 Å². The van der Waals surface area contributed by atoms with E-state index in [4.69, 9.17) is 5.73 Å². The highest BCUT2D eigenvalue weighted by Crippen LogP contribution is 2.25. The van der Waals surface area contributed by atoms with Gasteiger partial charge in [-0.25, -0.2) is 15.0 Å². The van der Waals surface area contributed by atoms with Crippen molar-refractivity contribution in [1.29, 1.82) is 0 Å². The third kappa shape index (κ3) is 2.11. The maximum atomic E-state index is 5.88. The molecule has 0 spiro atoms. The Morgan fingerprint density at radius 1 is 1.15 bits per heavy atom. The molecule has 3 rings (SSSR count). The summed E-state index contributed by atoms with van der Waals surface area (Å²) < 4.78 is 1.61. The number of nitrogen functional groups attached to an aromatic ring is 1. The first kappa shape index (κ1) is 12.3. The second kappa shape index (κ2) is 4.73. The van der Waals surface area contributed by atoms with Gasteiger partial charge in [-0.2, -0.15) is 0 Å². The summed E-state index contributed by atoms with van der Waals surface area (Å²) in [5.74, 6) is 0.807. The van der Waals surface area contributed by atoms with Crippen LogP contribution in [0.1, 0.15) is 5.56 Å². The SMILES string of the molecule is Cc1ccccc1-c1cnc(N)c(-c2ncn(C)n2)n1. The summed E-state index contributed by atoms with van der Waals surface area (Å²) in [6, 6.07) is 8.00. The second-order valence-corrected chi connectivity index (χ2v) is 4.55. The fourth-order valence-corrected chi connectivity index (χ4v) is 2.00. The van der Waals surface area contributed by atoms with Crippen LogP contribution in [0.5, 0.6) is 0 Å². The zero-order chi connectivity index (χ0) is 14.1. The summed E-state index contributed by atoms with van der Waals surface area (Å²) in [7, 11) is 1.80. The maximum Gasteiger partial charge on any atom is 0.203 e. The summed E-state index contributed by atoms with van der Waals surface area (Å²) in [6.45, 7) is 2.03. The Kier molecular flexibility index (Phi) is 2.90. The Balaban J connectivity index is 2.14. The van der Waals surface area contributed by atoms with E-state index < -0.39 is 0 Å². The average Bonchev–Trinajstić information content (AvgIpc) is 2.87. The lowest BCUT2D eigenvalue weighted by Crippen LogP contribution is -2.01. The van der Waals surface area contributed by atoms with Crippen LogP contribution in [0.4, 0.5) is 5.82 Å². The molecule has 0 radical (unpaired) electrons. The van der Waals surface area contributed by atoms with Crippen molar-refractivity contribution in [1.82, 2.24) is 24.7 Å². The van der Waals surface area contributed by atoms with E-state index in [9.17, 15) is 0 Å². The first-order valence-electron chi connectivity index (χ1n) is 6.19. The van der Waals surface area contributed by atoms with Crippen LogP contribution in [0.3, 0.4) is 0 Å². The van der Waals surface area contributed by atoms with Crippen LogP contribution in [-0.4, -0.2) is 24.7 Å². The molecule has 0 amide bonds. The van der Waals surface area contributed by atoms with Gasteiger partial charge in [0.05, 0.1) is 11.9 Å². The molecule has 0 saturated heterocycles. The minimum absolute atomic E-state index is 0.327. The Bertz CT molecular complexity index is 762. The molecule has 0 bridgehead atoms. The van der Waals surface area contributed by atoms with E-state index in [1.165, 1.54) is 0 Å². The second-order valence-electron chi connectivity index (χ2n) is 4.55. The van der Waals surface area contributed by atoms with E-state index in [-0.39, 0.29) is 0 Å². The van der Waals surface area contributed by atoms with Gasteiger partial charge in [-0.1, -0.05) is 24.3 Å². The van der Waals surface area contributed by atoms with E-state index in [0.29, 0.717) is 17.3 Å². The largest absolute Gasteiger partial charge is 0.382 e. The standard InChI is InChI=1S/C14H14N6/c1-9-5-3-4-6-10(9)11-7-16-13(15)12(18-11)14-17-8-20(2)19-14/h3-8H,1-2H3,(H2,15,16). The van der Waals surface area contributed by atoms with Gasteiger partial charge in [0.15, 0.2) is 11.5 Å². The van der Waals surface area contributed by atoms with E-state index in [1.807, 2.05) is 31.2 Å². The molecular weight excluding hydrogens is 252 g/mol. The van der Waals surface area contributed by atoms with E-state index >= 15 is 0 Å². The number of aryl methyl sites for hydroxylation is 2. The number of nitrogens with zero attached hydrogens (tertiary/aromatic N) is 5. The molecule has 0 aliphatic heterocycles. The zero-order valence-electron chi connectivity index (χ0n) is 11.3. The van der Waals surface area contributed by atoms with E-state index in [1.54, 1.807) is 24.3 Å². The van der Waals surface area contributed by atoms with Crippen LogP contribution < -0.4 is 5.73 Å². The summed E-state index contributed by atoms with van der Waals surface area (Å²) in [4.78, 5) is 12.9. The average molecular weight is 266 g/mol. The lowest BCUT2D eigenvalue weighted by atomic mass is 10.1. The van der Waals surface area contributed by atoms with Gasteiger partial charge in [0.25, 0.3) is 0 Å². The van der Waals surface area contributed by atoms with E-state index in [0.717, 1.165) is 16.8 Å². The third-order valence-corrected chi connectivity index (χ3v) is 3.03. The molecule has 0 saturated carbocycles. The van der Waals surface area contributed by atoms with Gasteiger partial charge in [-0.15, -0.1) is 5.10 Å². The monoisotopic (exact) mass is 266 g/mol. The molecule has 2 heterocycles. The molecule has 0 atom stereocenters. The van der Waals surface area contributed by atoms with Crippen LogP contribution in [0, 0.1) is 6.92 Å². The quantitative estimate of drug-likeness (QED) is 0.765. The van der Waals surface area contributed by atoms with Crippen molar-refractivity contribution in [3.63, 3.8) is 0 Å². The van der Waals surface area contributed by atoms with Crippen molar-refractivity contribution in [3.8, 4) is 22.8 Å². The lowest BCUT2D eigenvalue weighted by Gasteiger charge is -2.07. The molecule has 0 unspecified atom stereocenters. The fourth-order valence-electron chi connectivity index (χ4n) is 2.00. The van der Waals surface area contributed by atoms with Gasteiger partial charge in [0.2, 0.25) is 5.82 Å². The first-order valence-corrected chi connectivity index (χ1v) is 6.19. The fraction of sp³-hybridized carbons (Fsp3) is 0.143. The van der Waals surface area contributed by atoms with Crippen LogP contribution in [0.2, 0.25) is 0 Å². The lowest BCUT2D eigenvalue weighted by molar-refractivity contribution is 0.767. The summed E-state index contributed by atoms with van der Waals surface area (Å²) in [5, 5.41) is 4.22. The van der Waals surface area contributed by atoms with Crippen molar-refractivity contribution in [2.24, 2.45) is 7.05 Å². The molecule has 2 N–H and O–H groups in total. The molecule has 0 aliphatic carbocycles. The molecular formula is C14H14N6. The van der Waals surface area contributed by atoms with Gasteiger partial charge in [0, 0.05) is 12.6 Å². The Morgan fingerprint density at radius 2 is 1.95 bits per heavy atom. The molecule has 2 aromatic heterocycles. The highest BCUT2D eigenvalue weighted by molar-refractivity contribution is 5.70. The number of benzene rings is 1. The Hall–Kier alpha value is -2.76. The van der Waals surface area contributed by atoms with Crippen LogP contribution in [0.15, 0.2) is 36.8 Å². The third-order valence-electron chi connectivity index (χ3n) is 3.03. The summed E-state index contributed by atoms with van der Waals surface area (Å²) in [6.07, 6.45) is 3.28. The molecule has 3 aromatic rings.